The van der Waals surface area contributed by atoms with Gasteiger partial charge in [0.15, 0.2) is 0 Å². The zero-order valence-electron chi connectivity index (χ0n) is 14.1. The Morgan fingerprint density at radius 1 is 1.44 bits per heavy atom. The molecule has 1 aliphatic rings. The average Bonchev–Trinajstić information content (AvgIpc) is 3.18. The number of anilines is 1. The molecule has 0 unspecified atom stereocenters. The van der Waals surface area contributed by atoms with E-state index < -0.39 is 0 Å². The van der Waals surface area contributed by atoms with Crippen molar-refractivity contribution in [1.82, 2.24) is 25.0 Å². The van der Waals surface area contributed by atoms with Crippen LogP contribution in [0.1, 0.15) is 6.92 Å². The summed E-state index contributed by atoms with van der Waals surface area (Å²) in [5.41, 5.74) is 1.23. The van der Waals surface area contributed by atoms with Crippen molar-refractivity contribution in [1.29, 1.82) is 0 Å². The third-order valence-corrected chi connectivity index (χ3v) is 4.25. The fraction of sp³-hybridized carbons (Fsp3) is 0.438. The van der Waals surface area contributed by atoms with Gasteiger partial charge >= 0.3 is 6.03 Å². The van der Waals surface area contributed by atoms with Gasteiger partial charge in [-0.3, -0.25) is 0 Å². The Labute approximate surface area is 151 Å². The van der Waals surface area contributed by atoms with Gasteiger partial charge in [0.05, 0.1) is 23.5 Å². The molecule has 1 aromatic carbocycles. The van der Waals surface area contributed by atoms with Gasteiger partial charge in [-0.2, -0.15) is 5.10 Å². The first-order valence-electron chi connectivity index (χ1n) is 8.09. The summed E-state index contributed by atoms with van der Waals surface area (Å²) in [5, 5.41) is 10.4. The van der Waals surface area contributed by atoms with Crippen LogP contribution in [0.25, 0.3) is 5.69 Å². The molecular weight excluding hydrogens is 344 g/mol. The molecule has 0 spiro atoms. The first-order chi connectivity index (χ1) is 12.1. The molecule has 1 saturated heterocycles. The highest BCUT2D eigenvalue weighted by Crippen LogP contribution is 2.24. The lowest BCUT2D eigenvalue weighted by Gasteiger charge is -2.20. The molecule has 1 aliphatic heterocycles. The van der Waals surface area contributed by atoms with E-state index in [1.807, 2.05) is 14.0 Å². The lowest BCUT2D eigenvalue weighted by Crippen LogP contribution is -2.45. The minimum absolute atomic E-state index is 0.0186. The molecule has 8 nitrogen and oxygen atoms in total. The summed E-state index contributed by atoms with van der Waals surface area (Å²) in [7, 11) is 2.01. The summed E-state index contributed by atoms with van der Waals surface area (Å²) in [6.07, 6.45) is 2.97. The van der Waals surface area contributed by atoms with Crippen molar-refractivity contribution in [2.45, 2.75) is 19.1 Å². The molecule has 3 rings (SSSR count). The first kappa shape index (κ1) is 17.7. The van der Waals surface area contributed by atoms with Crippen LogP contribution in [0.3, 0.4) is 0 Å². The Kier molecular flexibility index (Phi) is 5.52. The van der Waals surface area contributed by atoms with Gasteiger partial charge in [-0.05, 0) is 32.2 Å². The summed E-state index contributed by atoms with van der Waals surface area (Å²) in [6.45, 7) is 4.10. The van der Waals surface area contributed by atoms with Gasteiger partial charge in [0.25, 0.3) is 0 Å². The van der Waals surface area contributed by atoms with Gasteiger partial charge < -0.3 is 20.3 Å². The second kappa shape index (κ2) is 7.81. The summed E-state index contributed by atoms with van der Waals surface area (Å²) < 4.78 is 7.28. The molecular formula is C16H21ClN6O2. The third-order valence-electron chi connectivity index (χ3n) is 4.02. The number of halogens is 1. The van der Waals surface area contributed by atoms with Gasteiger partial charge in [-0.25, -0.2) is 14.5 Å². The summed E-state index contributed by atoms with van der Waals surface area (Å²) in [6, 6.07) is 4.81. The number of ether oxygens (including phenoxy) is 1. The summed E-state index contributed by atoms with van der Waals surface area (Å²) >= 11 is 6.07. The van der Waals surface area contributed by atoms with Crippen LogP contribution < -0.4 is 10.6 Å². The van der Waals surface area contributed by atoms with Crippen LogP contribution in [0, 0.1) is 0 Å². The number of carbonyl (C=O) groups is 1. The molecule has 2 amide bonds. The topological polar surface area (TPSA) is 84.3 Å². The van der Waals surface area contributed by atoms with Crippen molar-refractivity contribution >= 4 is 23.3 Å². The fourth-order valence-corrected chi connectivity index (χ4v) is 3.12. The molecule has 2 atom stereocenters. The average molecular weight is 365 g/mol. The van der Waals surface area contributed by atoms with Gasteiger partial charge in [0.1, 0.15) is 12.7 Å². The third kappa shape index (κ3) is 4.28. The molecule has 1 fully saturated rings. The lowest BCUT2D eigenvalue weighted by atomic mass is 10.2. The lowest BCUT2D eigenvalue weighted by molar-refractivity contribution is 0.0568. The van der Waals surface area contributed by atoms with Crippen molar-refractivity contribution in [2.75, 3.05) is 32.1 Å². The minimum atomic E-state index is -0.311. The van der Waals surface area contributed by atoms with E-state index in [9.17, 15) is 4.79 Å². The molecule has 0 aliphatic carbocycles. The number of urea groups is 1. The highest BCUT2D eigenvalue weighted by atomic mass is 35.5. The molecule has 0 radical (unpaired) electrons. The maximum Gasteiger partial charge on any atom is 0.319 e. The van der Waals surface area contributed by atoms with Crippen LogP contribution in [0.15, 0.2) is 30.9 Å². The van der Waals surface area contributed by atoms with Crippen molar-refractivity contribution in [3.63, 3.8) is 0 Å². The maximum absolute atomic E-state index is 12.5. The maximum atomic E-state index is 12.5. The second-order valence-corrected chi connectivity index (χ2v) is 6.36. The monoisotopic (exact) mass is 364 g/mol. The Morgan fingerprint density at radius 2 is 2.28 bits per heavy atom. The highest BCUT2D eigenvalue weighted by molar-refractivity contribution is 6.31. The molecule has 2 heterocycles. The first-order valence-corrected chi connectivity index (χ1v) is 8.47. The summed E-state index contributed by atoms with van der Waals surface area (Å²) in [4.78, 5) is 18.5. The van der Waals surface area contributed by atoms with Crippen molar-refractivity contribution < 1.29 is 9.53 Å². The quantitative estimate of drug-likeness (QED) is 0.844. The number of likely N-dealkylation sites (N-methyl/N-ethyl adjacent to an activating group) is 1. The molecule has 134 valence electrons. The zero-order chi connectivity index (χ0) is 17.8. The number of amides is 2. The molecule has 1 aromatic heterocycles. The molecule has 2 aromatic rings. The minimum Gasteiger partial charge on any atom is -0.375 e. The Balaban J connectivity index is 1.72. The fourth-order valence-electron chi connectivity index (χ4n) is 2.95. The van der Waals surface area contributed by atoms with Gasteiger partial charge in [-0.15, -0.1) is 0 Å². The van der Waals surface area contributed by atoms with Gasteiger partial charge in [0, 0.05) is 24.7 Å². The predicted octanol–water partition coefficient (Wildman–Crippen LogP) is 1.76. The Morgan fingerprint density at radius 3 is 3.00 bits per heavy atom. The number of nitrogens with one attached hydrogen (secondary N) is 2. The second-order valence-electron chi connectivity index (χ2n) is 5.92. The van der Waals surface area contributed by atoms with E-state index in [0.29, 0.717) is 23.0 Å². The van der Waals surface area contributed by atoms with Crippen molar-refractivity contribution in [3.05, 3.63) is 35.9 Å². The largest absolute Gasteiger partial charge is 0.375 e. The van der Waals surface area contributed by atoms with Gasteiger partial charge in [0.2, 0.25) is 0 Å². The number of aromatic nitrogens is 3. The van der Waals surface area contributed by atoms with E-state index in [1.165, 1.54) is 6.33 Å². The molecule has 0 saturated carbocycles. The van der Waals surface area contributed by atoms with E-state index >= 15 is 0 Å². The number of rotatable bonds is 5. The summed E-state index contributed by atoms with van der Waals surface area (Å²) in [5.74, 6) is 0. The number of hydrogen-bond donors (Lipinski definition) is 2. The molecule has 2 N–H and O–H groups in total. The van der Waals surface area contributed by atoms with E-state index in [-0.39, 0.29) is 18.2 Å². The highest BCUT2D eigenvalue weighted by Gasteiger charge is 2.32. The number of nitrogens with zero attached hydrogens (tertiary/aromatic N) is 4. The normalized spacial score (nSPS) is 20.6. The standard InChI is InChI=1S/C16H21ClN6O2/c1-3-25-15-8-22(2)7-13(15)21-16(24)20-12-6-11(17)4-5-14(12)23-10-18-9-19-23/h4-6,9-10,13,15H,3,7-8H2,1-2H3,(H2,20,21,24)/t13-,15-/m0/s1. The molecule has 9 heteroatoms. The predicted molar refractivity (Wildman–Crippen MR) is 95.2 cm³/mol. The number of benzene rings is 1. The molecule has 25 heavy (non-hydrogen) atoms. The van der Waals surface area contributed by atoms with Crippen molar-refractivity contribution in [2.24, 2.45) is 0 Å². The van der Waals surface area contributed by atoms with E-state index in [2.05, 4.69) is 25.6 Å². The van der Waals surface area contributed by atoms with E-state index in [4.69, 9.17) is 16.3 Å². The number of hydrogen-bond acceptors (Lipinski definition) is 5. The van der Waals surface area contributed by atoms with Crippen LogP contribution in [-0.2, 0) is 4.74 Å². The Bertz CT molecular complexity index is 723. The number of carbonyl (C=O) groups excluding carboxylic acids is 1. The van der Waals surface area contributed by atoms with Gasteiger partial charge in [-0.1, -0.05) is 11.6 Å². The van der Waals surface area contributed by atoms with E-state index in [0.717, 1.165) is 13.1 Å². The smallest absolute Gasteiger partial charge is 0.319 e. The van der Waals surface area contributed by atoms with Crippen LogP contribution in [0.4, 0.5) is 10.5 Å². The van der Waals surface area contributed by atoms with Crippen LogP contribution in [0.2, 0.25) is 5.02 Å². The van der Waals surface area contributed by atoms with E-state index in [1.54, 1.807) is 29.2 Å². The number of likely N-dealkylation sites (tertiary alicyclic amines) is 1. The molecule has 0 bridgehead atoms. The van der Waals surface area contributed by atoms with Crippen LogP contribution >= 0.6 is 11.6 Å². The SMILES string of the molecule is CCO[C@H]1CN(C)C[C@@H]1NC(=O)Nc1cc(Cl)ccc1-n1cncn1. The Hall–Kier alpha value is -2.16. The van der Waals surface area contributed by atoms with Crippen LogP contribution in [-0.4, -0.2) is 64.6 Å². The zero-order valence-corrected chi connectivity index (χ0v) is 14.9. The van der Waals surface area contributed by atoms with Crippen LogP contribution in [0.5, 0.6) is 0 Å². The van der Waals surface area contributed by atoms with Crippen molar-refractivity contribution in [3.8, 4) is 5.69 Å².